The number of β-lactam (4-membered cyclic amide) rings is 1. The molecule has 242 valence electrons. The molecule has 1 fully saturated rings. The predicted molar refractivity (Wildman–Crippen MR) is 160 cm³/mol. The molecule has 0 saturated carbocycles. The number of aromatic nitrogens is 4. The number of nitrogens with zero attached hydrogens (tertiary/aromatic N) is 7. The molecule has 0 radical (unpaired) electrons. The van der Waals surface area contributed by atoms with Crippen LogP contribution in [0, 0.1) is 0 Å². The van der Waals surface area contributed by atoms with Crippen LogP contribution in [-0.2, 0) is 42.4 Å². The molecule has 0 aliphatic carbocycles. The Morgan fingerprint density at radius 1 is 1.33 bits per heavy atom. The van der Waals surface area contributed by atoms with Crippen LogP contribution in [0.5, 0.6) is 0 Å². The predicted octanol–water partition coefficient (Wildman–Crippen LogP) is -2.34. The van der Waals surface area contributed by atoms with Crippen LogP contribution in [0.4, 0.5) is 16.6 Å². The summed E-state index contributed by atoms with van der Waals surface area (Å²) in [6.45, 7) is 3.17. The second-order valence-corrected chi connectivity index (χ2v) is 12.3. The number of amides is 3. The van der Waals surface area contributed by atoms with E-state index in [1.54, 1.807) is 22.6 Å². The van der Waals surface area contributed by atoms with Crippen LogP contribution in [0.1, 0.15) is 26.1 Å². The summed E-state index contributed by atoms with van der Waals surface area (Å²) in [5, 5.41) is 24.8. The number of nitrogens with two attached hydrogens (primary N) is 3. The lowest BCUT2D eigenvalue weighted by atomic mass is 10.0. The minimum atomic E-state index is -1.81. The first-order chi connectivity index (χ1) is 21.2. The molecule has 3 amide bonds. The summed E-state index contributed by atoms with van der Waals surface area (Å²) >= 11 is 1.98. The minimum absolute atomic E-state index is 0.000103. The van der Waals surface area contributed by atoms with Gasteiger partial charge in [0.1, 0.15) is 17.1 Å². The Morgan fingerprint density at radius 3 is 2.62 bits per heavy atom. The van der Waals surface area contributed by atoms with Crippen molar-refractivity contribution in [3.05, 3.63) is 23.3 Å². The molecule has 0 spiro atoms. The van der Waals surface area contributed by atoms with Gasteiger partial charge in [0.15, 0.2) is 23.2 Å². The normalized spacial score (nSPS) is 18.3. The third kappa shape index (κ3) is 6.54. The van der Waals surface area contributed by atoms with Gasteiger partial charge < -0.3 is 42.5 Å². The molecule has 4 rings (SSSR count). The number of carbonyl (C=O) groups is 5. The molecule has 0 unspecified atom stereocenters. The van der Waals surface area contributed by atoms with Crippen LogP contribution in [0.2, 0.25) is 0 Å². The van der Waals surface area contributed by atoms with Gasteiger partial charge in [-0.3, -0.25) is 19.3 Å². The number of nitrogen functional groups attached to an aromatic ring is 2. The van der Waals surface area contributed by atoms with Crippen molar-refractivity contribution >= 4 is 75.8 Å². The lowest BCUT2D eigenvalue weighted by molar-refractivity contribution is -0.765. The van der Waals surface area contributed by atoms with E-state index in [0.717, 1.165) is 16.4 Å². The molecule has 21 heteroatoms. The highest BCUT2D eigenvalue weighted by Gasteiger charge is 2.55. The maximum absolute atomic E-state index is 13.3. The van der Waals surface area contributed by atoms with Gasteiger partial charge in [0, 0.05) is 29.4 Å². The van der Waals surface area contributed by atoms with Crippen molar-refractivity contribution in [3.63, 3.8) is 0 Å². The van der Waals surface area contributed by atoms with Crippen LogP contribution in [0.15, 0.2) is 22.6 Å². The van der Waals surface area contributed by atoms with E-state index in [1.807, 2.05) is 0 Å². The fourth-order valence-electron chi connectivity index (χ4n) is 4.39. The molecular weight excluding hydrogens is 634 g/mol. The second kappa shape index (κ2) is 13.1. The first-order valence-electron chi connectivity index (χ1n) is 13.3. The van der Waals surface area contributed by atoms with Crippen molar-refractivity contribution in [1.82, 2.24) is 24.3 Å². The Morgan fingerprint density at radius 2 is 2.04 bits per heavy atom. The zero-order chi connectivity index (χ0) is 33.2. The van der Waals surface area contributed by atoms with Crippen LogP contribution in [0.25, 0.3) is 0 Å². The van der Waals surface area contributed by atoms with Gasteiger partial charge in [-0.25, -0.2) is 9.59 Å². The first kappa shape index (κ1) is 33.1. The van der Waals surface area contributed by atoms with Gasteiger partial charge in [0.2, 0.25) is 29.7 Å². The number of oxime groups is 1. The fourth-order valence-corrected chi connectivity index (χ4v) is 6.16. The van der Waals surface area contributed by atoms with Gasteiger partial charge in [0.05, 0.1) is 7.05 Å². The van der Waals surface area contributed by atoms with Crippen molar-refractivity contribution in [2.45, 2.75) is 43.8 Å². The highest BCUT2D eigenvalue weighted by atomic mass is 32.2. The number of aliphatic carboxylic acids is 2. The van der Waals surface area contributed by atoms with Crippen LogP contribution in [-0.4, -0.2) is 101 Å². The molecule has 0 bridgehead atoms. The summed E-state index contributed by atoms with van der Waals surface area (Å²) in [7, 11) is 1.65. The van der Waals surface area contributed by atoms with E-state index in [4.69, 9.17) is 22.0 Å². The Bertz CT molecular complexity index is 1600. The van der Waals surface area contributed by atoms with Crippen molar-refractivity contribution in [3.8, 4) is 0 Å². The van der Waals surface area contributed by atoms with E-state index in [2.05, 4.69) is 19.8 Å². The average Bonchev–Trinajstić information content (AvgIpc) is 3.54. The molecule has 45 heavy (non-hydrogen) atoms. The lowest BCUT2D eigenvalue weighted by Gasteiger charge is -2.49. The van der Waals surface area contributed by atoms with E-state index >= 15 is 0 Å². The topological polar surface area (TPSA) is 279 Å². The smallest absolute Gasteiger partial charge is 0.352 e. The standard InChI is InChI=1S/C24H31N11O8S2/c1-24(2,22(41)42)43-30-13(17-29-23(27)45-31-17)18(37)28-14-19(38)35-15(21(39)40)11(9-44-20(14)35)7-34-8-12(16(26)32(34)3)33(10-36)6-4-5-25/h8,10,14,20,26H,4-7,9,25H2,1-3H3,(H5,27,28,29,31,37,39,40,41,42)/p+1/b30-13+/t14-,20-/m1/s1. The molecular formula is C24H32N11O8S2+. The van der Waals surface area contributed by atoms with E-state index in [1.165, 1.54) is 30.5 Å². The molecule has 2 aliphatic heterocycles. The number of rotatable bonds is 14. The number of thioether (sulfide) groups is 1. The summed E-state index contributed by atoms with van der Waals surface area (Å²) in [6.07, 6.45) is 2.79. The van der Waals surface area contributed by atoms with Crippen molar-refractivity contribution in [2.24, 2.45) is 17.9 Å². The summed E-state index contributed by atoms with van der Waals surface area (Å²) in [4.78, 5) is 73.5. The maximum atomic E-state index is 13.3. The summed E-state index contributed by atoms with van der Waals surface area (Å²) in [6, 6.07) is -1.15. The largest absolute Gasteiger partial charge is 0.478 e. The molecule has 2 aliphatic rings. The number of carboxylic acid groups (broad SMARTS) is 2. The second-order valence-electron chi connectivity index (χ2n) is 10.4. The number of carbonyl (C=O) groups excluding carboxylic acids is 3. The van der Waals surface area contributed by atoms with Gasteiger partial charge in [0.25, 0.3) is 11.8 Å². The van der Waals surface area contributed by atoms with Crippen LogP contribution in [0.3, 0.4) is 0 Å². The molecule has 19 nitrogen and oxygen atoms in total. The Labute approximate surface area is 263 Å². The van der Waals surface area contributed by atoms with E-state index in [0.29, 0.717) is 37.2 Å². The average molecular weight is 667 g/mol. The number of fused-ring (bicyclic) bond motifs is 1. The number of hydrogen-bond acceptors (Lipinski definition) is 14. The number of carboxylic acids is 2. The van der Waals surface area contributed by atoms with Crippen LogP contribution < -0.4 is 32.1 Å². The fraction of sp³-hybridized carbons (Fsp3) is 0.458. The molecule has 2 atom stereocenters. The quantitative estimate of drug-likeness (QED) is 0.0405. The van der Waals surface area contributed by atoms with Crippen LogP contribution >= 0.6 is 23.3 Å². The molecule has 2 aromatic rings. The molecule has 0 aromatic carbocycles. The first-order valence-corrected chi connectivity index (χ1v) is 15.1. The SMILES string of the molecule is Cn1c(N)c(N(C=O)CCCN)c[n+]1CC1=C(C(=O)O)N2C(=O)[C@@H](NC(=O)/C(=N/OC(C)(C)C(=O)O)c3nsc(N)n3)[C@H]2SC1. The molecule has 9 N–H and O–H groups in total. The van der Waals surface area contributed by atoms with Crippen molar-refractivity contribution in [1.29, 1.82) is 0 Å². The van der Waals surface area contributed by atoms with Gasteiger partial charge in [-0.1, -0.05) is 5.16 Å². The maximum Gasteiger partial charge on any atom is 0.352 e. The van der Waals surface area contributed by atoms with E-state index < -0.39 is 46.5 Å². The molecule has 1 saturated heterocycles. The third-order valence-electron chi connectivity index (χ3n) is 6.95. The highest BCUT2D eigenvalue weighted by Crippen LogP contribution is 2.40. The highest BCUT2D eigenvalue weighted by molar-refractivity contribution is 8.00. The third-order valence-corrected chi connectivity index (χ3v) is 8.83. The van der Waals surface area contributed by atoms with Crippen molar-refractivity contribution in [2.75, 3.05) is 35.2 Å². The Kier molecular flexibility index (Phi) is 9.63. The number of nitrogens with one attached hydrogen (secondary N) is 1. The van der Waals surface area contributed by atoms with E-state index in [-0.39, 0.29) is 34.8 Å². The summed E-state index contributed by atoms with van der Waals surface area (Å²) in [5.74, 6) is -4.16. The number of anilines is 3. The lowest BCUT2D eigenvalue weighted by Crippen LogP contribution is -2.71. The van der Waals surface area contributed by atoms with E-state index in [9.17, 15) is 34.2 Å². The summed E-state index contributed by atoms with van der Waals surface area (Å²) in [5.41, 5.74) is 15.7. The summed E-state index contributed by atoms with van der Waals surface area (Å²) < 4.78 is 7.11. The zero-order valence-electron chi connectivity index (χ0n) is 24.4. The molecule has 2 aromatic heterocycles. The van der Waals surface area contributed by atoms with Gasteiger partial charge in [-0.2, -0.15) is 9.36 Å². The van der Waals surface area contributed by atoms with Gasteiger partial charge >= 0.3 is 11.9 Å². The van der Waals surface area contributed by atoms with Gasteiger partial charge in [-0.15, -0.1) is 21.1 Å². The van der Waals surface area contributed by atoms with Crippen molar-refractivity contribution < 1.29 is 43.7 Å². The monoisotopic (exact) mass is 666 g/mol. The molecule has 4 heterocycles. The Hall–Kier alpha value is -4.76. The zero-order valence-corrected chi connectivity index (χ0v) is 26.0. The van der Waals surface area contributed by atoms with Gasteiger partial charge in [-0.05, 0) is 26.8 Å². The number of hydrogen-bond donors (Lipinski definition) is 6. The minimum Gasteiger partial charge on any atom is -0.478 e. The Balaban J connectivity index is 1.56.